The lowest BCUT2D eigenvalue weighted by atomic mass is 9.99. The molecule has 1 N–H and O–H groups in total. The van der Waals surface area contributed by atoms with Crippen molar-refractivity contribution >= 4 is 11.7 Å². The average Bonchev–Trinajstić information content (AvgIpc) is 2.72. The third-order valence-corrected chi connectivity index (χ3v) is 4.17. The van der Waals surface area contributed by atoms with Gasteiger partial charge in [0.2, 0.25) is 0 Å². The number of carboxylic acids is 1. The molecule has 1 aromatic rings. The lowest BCUT2D eigenvalue weighted by Gasteiger charge is -2.28. The Labute approximate surface area is 121 Å². The van der Waals surface area contributed by atoms with E-state index in [0.717, 1.165) is 12.2 Å². The van der Waals surface area contributed by atoms with Crippen molar-refractivity contribution < 1.29 is 9.90 Å². The molecule has 1 fully saturated rings. The first kappa shape index (κ1) is 14.9. The van der Waals surface area contributed by atoms with Gasteiger partial charge in [-0.1, -0.05) is 43.9 Å². The Bertz CT molecular complexity index is 397. The number of para-hydroxylation sites is 1. The van der Waals surface area contributed by atoms with Gasteiger partial charge in [0, 0.05) is 18.8 Å². The minimum atomic E-state index is -0.716. The molecular weight excluding hydrogens is 250 g/mol. The Balaban J connectivity index is 1.99. The molecule has 1 aliphatic rings. The molecule has 3 heteroatoms. The van der Waals surface area contributed by atoms with Crippen LogP contribution in [-0.4, -0.2) is 24.2 Å². The van der Waals surface area contributed by atoms with E-state index < -0.39 is 5.97 Å². The number of anilines is 1. The quantitative estimate of drug-likeness (QED) is 0.799. The molecule has 0 unspecified atom stereocenters. The second kappa shape index (κ2) is 7.93. The van der Waals surface area contributed by atoms with E-state index in [2.05, 4.69) is 17.0 Å². The first-order valence-electron chi connectivity index (χ1n) is 7.77. The maximum atomic E-state index is 10.9. The van der Waals surface area contributed by atoms with Crippen LogP contribution in [0, 0.1) is 5.92 Å². The van der Waals surface area contributed by atoms with Gasteiger partial charge in [-0.3, -0.25) is 4.79 Å². The van der Waals surface area contributed by atoms with Crippen molar-refractivity contribution in [3.63, 3.8) is 0 Å². The van der Waals surface area contributed by atoms with Crippen LogP contribution in [0.15, 0.2) is 30.3 Å². The van der Waals surface area contributed by atoms with Crippen LogP contribution in [0.5, 0.6) is 0 Å². The first-order valence-corrected chi connectivity index (χ1v) is 7.77. The number of carboxylic acid groups (broad SMARTS) is 1. The largest absolute Gasteiger partial charge is 0.481 e. The van der Waals surface area contributed by atoms with Gasteiger partial charge in [-0.25, -0.2) is 0 Å². The van der Waals surface area contributed by atoms with Gasteiger partial charge in [-0.05, 0) is 30.9 Å². The summed E-state index contributed by atoms with van der Waals surface area (Å²) in [6, 6.07) is 10.2. The maximum Gasteiger partial charge on any atom is 0.305 e. The van der Waals surface area contributed by atoms with E-state index in [4.69, 9.17) is 5.11 Å². The monoisotopic (exact) mass is 275 g/mol. The van der Waals surface area contributed by atoms with E-state index >= 15 is 0 Å². The van der Waals surface area contributed by atoms with Gasteiger partial charge in [0.25, 0.3) is 0 Å². The summed E-state index contributed by atoms with van der Waals surface area (Å²) < 4.78 is 0. The van der Waals surface area contributed by atoms with E-state index in [1.807, 2.05) is 18.2 Å². The highest BCUT2D eigenvalue weighted by Gasteiger charge is 2.17. The molecule has 0 amide bonds. The number of nitrogens with zero attached hydrogens (tertiary/aromatic N) is 1. The highest BCUT2D eigenvalue weighted by Crippen LogP contribution is 2.25. The minimum Gasteiger partial charge on any atom is -0.481 e. The van der Waals surface area contributed by atoms with Gasteiger partial charge in [0.1, 0.15) is 0 Å². The molecule has 1 aliphatic carbocycles. The molecule has 20 heavy (non-hydrogen) atoms. The summed E-state index contributed by atoms with van der Waals surface area (Å²) in [5.41, 5.74) is 1.15. The fourth-order valence-electron chi connectivity index (χ4n) is 3.05. The smallest absolute Gasteiger partial charge is 0.305 e. The second-order valence-corrected chi connectivity index (χ2v) is 5.78. The van der Waals surface area contributed by atoms with Gasteiger partial charge in [-0.15, -0.1) is 0 Å². The highest BCUT2D eigenvalue weighted by atomic mass is 16.4. The first-order chi connectivity index (χ1) is 9.75. The Morgan fingerprint density at radius 3 is 2.35 bits per heavy atom. The van der Waals surface area contributed by atoms with Crippen LogP contribution in [0.1, 0.15) is 44.9 Å². The van der Waals surface area contributed by atoms with Crippen LogP contribution in [0.3, 0.4) is 0 Å². The molecule has 0 aromatic heterocycles. The van der Waals surface area contributed by atoms with Crippen LogP contribution in [0.25, 0.3) is 0 Å². The molecular formula is C17H25NO2. The van der Waals surface area contributed by atoms with Crippen molar-refractivity contribution in [1.29, 1.82) is 0 Å². The molecule has 1 aromatic carbocycles. The molecule has 0 radical (unpaired) electrons. The molecule has 1 saturated carbocycles. The molecule has 0 heterocycles. The summed E-state index contributed by atoms with van der Waals surface area (Å²) in [5.74, 6) is -0.00158. The van der Waals surface area contributed by atoms with Gasteiger partial charge in [0.15, 0.2) is 0 Å². The number of aliphatic carboxylic acids is 1. The van der Waals surface area contributed by atoms with Crippen molar-refractivity contribution in [2.45, 2.75) is 44.9 Å². The lowest BCUT2D eigenvalue weighted by molar-refractivity contribution is -0.136. The van der Waals surface area contributed by atoms with Crippen molar-refractivity contribution in [1.82, 2.24) is 0 Å². The predicted molar refractivity (Wildman–Crippen MR) is 82.1 cm³/mol. The maximum absolute atomic E-state index is 10.9. The second-order valence-electron chi connectivity index (χ2n) is 5.78. The molecule has 0 spiro atoms. The van der Waals surface area contributed by atoms with Crippen LogP contribution >= 0.6 is 0 Å². The SMILES string of the molecule is O=C(O)CCN(CC1CCCCCC1)c1ccccc1. The zero-order valence-corrected chi connectivity index (χ0v) is 12.1. The van der Waals surface area contributed by atoms with E-state index in [0.29, 0.717) is 12.5 Å². The molecule has 3 nitrogen and oxygen atoms in total. The Kier molecular flexibility index (Phi) is 5.90. The summed E-state index contributed by atoms with van der Waals surface area (Å²) in [4.78, 5) is 13.1. The van der Waals surface area contributed by atoms with Crippen molar-refractivity contribution in [3.8, 4) is 0 Å². The number of carbonyl (C=O) groups is 1. The molecule has 0 bridgehead atoms. The average molecular weight is 275 g/mol. The normalized spacial score (nSPS) is 16.6. The van der Waals surface area contributed by atoms with Crippen molar-refractivity contribution in [2.75, 3.05) is 18.0 Å². The highest BCUT2D eigenvalue weighted by molar-refractivity contribution is 5.67. The summed E-state index contributed by atoms with van der Waals surface area (Å²) in [5, 5.41) is 8.93. The summed E-state index contributed by atoms with van der Waals surface area (Å²) in [6.07, 6.45) is 8.15. The minimum absolute atomic E-state index is 0.210. The van der Waals surface area contributed by atoms with Crippen molar-refractivity contribution in [3.05, 3.63) is 30.3 Å². The van der Waals surface area contributed by atoms with Crippen LogP contribution in [0.2, 0.25) is 0 Å². The third-order valence-electron chi connectivity index (χ3n) is 4.17. The molecule has 0 saturated heterocycles. The molecule has 0 aliphatic heterocycles. The Morgan fingerprint density at radius 2 is 1.75 bits per heavy atom. The van der Waals surface area contributed by atoms with Crippen LogP contribution < -0.4 is 4.90 Å². The number of benzene rings is 1. The number of hydrogen-bond donors (Lipinski definition) is 1. The lowest BCUT2D eigenvalue weighted by Crippen LogP contribution is -2.31. The van der Waals surface area contributed by atoms with E-state index in [1.54, 1.807) is 0 Å². The van der Waals surface area contributed by atoms with Gasteiger partial charge in [0.05, 0.1) is 6.42 Å². The zero-order chi connectivity index (χ0) is 14.2. The summed E-state index contributed by atoms with van der Waals surface area (Å²) in [7, 11) is 0. The fraction of sp³-hybridized carbons (Fsp3) is 0.588. The fourth-order valence-corrected chi connectivity index (χ4v) is 3.05. The standard InChI is InChI=1S/C17H25NO2/c19-17(20)12-13-18(16-10-6-3-7-11-16)14-15-8-4-1-2-5-9-15/h3,6-7,10-11,15H,1-2,4-5,8-9,12-14H2,(H,19,20). The Morgan fingerprint density at radius 1 is 1.10 bits per heavy atom. The molecule has 110 valence electrons. The topological polar surface area (TPSA) is 40.5 Å². The molecule has 0 atom stereocenters. The van der Waals surface area contributed by atoms with Gasteiger partial charge in [-0.2, -0.15) is 0 Å². The van der Waals surface area contributed by atoms with Gasteiger partial charge >= 0.3 is 5.97 Å². The summed E-state index contributed by atoms with van der Waals surface area (Å²) in [6.45, 7) is 1.60. The molecule has 2 rings (SSSR count). The van der Waals surface area contributed by atoms with Crippen molar-refractivity contribution in [2.24, 2.45) is 5.92 Å². The van der Waals surface area contributed by atoms with Gasteiger partial charge < -0.3 is 10.0 Å². The zero-order valence-electron chi connectivity index (χ0n) is 12.1. The van der Waals surface area contributed by atoms with Crippen LogP contribution in [0.4, 0.5) is 5.69 Å². The van der Waals surface area contributed by atoms with E-state index in [1.165, 1.54) is 38.5 Å². The van der Waals surface area contributed by atoms with E-state index in [9.17, 15) is 4.79 Å². The number of rotatable bonds is 6. The third kappa shape index (κ3) is 4.87. The summed E-state index contributed by atoms with van der Waals surface area (Å²) >= 11 is 0. The van der Waals surface area contributed by atoms with Crippen LogP contribution in [-0.2, 0) is 4.79 Å². The Hall–Kier alpha value is -1.51. The van der Waals surface area contributed by atoms with E-state index in [-0.39, 0.29) is 6.42 Å². The number of hydrogen-bond acceptors (Lipinski definition) is 2. The predicted octanol–water partition coefficient (Wildman–Crippen LogP) is 3.94.